The summed E-state index contributed by atoms with van der Waals surface area (Å²) in [7, 11) is 2.08. The Morgan fingerprint density at radius 2 is 1.88 bits per heavy atom. The zero-order valence-corrected chi connectivity index (χ0v) is 19.8. The SMILES string of the molecule is CC(=O)N1CCCN(C)CCN(C(=O)CCc2ccc3nc(C)[nH]c3c2)Cc2ccccc21. The molecular formula is C26H33N5O2. The van der Waals surface area contributed by atoms with Crippen LogP contribution in [0.4, 0.5) is 5.69 Å². The van der Waals surface area contributed by atoms with Crippen LogP contribution >= 0.6 is 0 Å². The third kappa shape index (κ3) is 5.60. The van der Waals surface area contributed by atoms with Crippen molar-refractivity contribution in [1.29, 1.82) is 0 Å². The number of imidazole rings is 1. The summed E-state index contributed by atoms with van der Waals surface area (Å²) < 4.78 is 0. The number of hydrogen-bond acceptors (Lipinski definition) is 4. The van der Waals surface area contributed by atoms with Gasteiger partial charge in [-0.3, -0.25) is 9.59 Å². The van der Waals surface area contributed by atoms with Gasteiger partial charge in [0, 0.05) is 45.2 Å². The Morgan fingerprint density at radius 3 is 2.70 bits per heavy atom. The van der Waals surface area contributed by atoms with Gasteiger partial charge in [0.05, 0.1) is 11.0 Å². The fraction of sp³-hybridized carbons (Fsp3) is 0.423. The Morgan fingerprint density at radius 1 is 1.06 bits per heavy atom. The van der Waals surface area contributed by atoms with Crippen LogP contribution in [0.1, 0.15) is 36.7 Å². The second-order valence-electron chi connectivity index (χ2n) is 8.95. The van der Waals surface area contributed by atoms with Crippen molar-refractivity contribution in [2.45, 2.75) is 39.7 Å². The lowest BCUT2D eigenvalue weighted by molar-refractivity contribution is -0.132. The van der Waals surface area contributed by atoms with Gasteiger partial charge < -0.3 is 19.7 Å². The molecule has 0 unspecified atom stereocenters. The van der Waals surface area contributed by atoms with Gasteiger partial charge in [0.15, 0.2) is 0 Å². The Labute approximate surface area is 195 Å². The van der Waals surface area contributed by atoms with E-state index in [9.17, 15) is 9.59 Å². The molecule has 2 aromatic carbocycles. The number of amides is 2. The molecule has 33 heavy (non-hydrogen) atoms. The van der Waals surface area contributed by atoms with E-state index in [1.165, 1.54) is 0 Å². The van der Waals surface area contributed by atoms with Crippen LogP contribution in [0.3, 0.4) is 0 Å². The third-order valence-corrected chi connectivity index (χ3v) is 6.34. The van der Waals surface area contributed by atoms with E-state index in [1.807, 2.05) is 47.1 Å². The highest BCUT2D eigenvalue weighted by molar-refractivity contribution is 5.92. The number of aromatic nitrogens is 2. The highest BCUT2D eigenvalue weighted by atomic mass is 16.2. The second-order valence-corrected chi connectivity index (χ2v) is 8.95. The number of H-pyrrole nitrogens is 1. The highest BCUT2D eigenvalue weighted by Crippen LogP contribution is 2.24. The fourth-order valence-corrected chi connectivity index (χ4v) is 4.50. The van der Waals surface area contributed by atoms with Gasteiger partial charge in [-0.2, -0.15) is 0 Å². The average molecular weight is 448 g/mol. The molecule has 0 radical (unpaired) electrons. The summed E-state index contributed by atoms with van der Waals surface area (Å²) in [4.78, 5) is 39.5. The molecule has 0 atom stereocenters. The van der Waals surface area contributed by atoms with Gasteiger partial charge in [0.25, 0.3) is 0 Å². The minimum Gasteiger partial charge on any atom is -0.342 e. The molecule has 0 bridgehead atoms. The molecule has 174 valence electrons. The average Bonchev–Trinajstić information content (AvgIpc) is 3.15. The maximum Gasteiger partial charge on any atom is 0.223 e. The van der Waals surface area contributed by atoms with E-state index < -0.39 is 0 Å². The first kappa shape index (κ1) is 23.0. The smallest absolute Gasteiger partial charge is 0.223 e. The molecule has 2 amide bonds. The fourth-order valence-electron chi connectivity index (χ4n) is 4.50. The number of hydrogen-bond donors (Lipinski definition) is 1. The van der Waals surface area contributed by atoms with Crippen molar-refractivity contribution < 1.29 is 9.59 Å². The molecule has 7 heteroatoms. The number of benzene rings is 2. The summed E-state index contributed by atoms with van der Waals surface area (Å²) in [6.45, 7) is 7.11. The standard InChI is InChI=1S/C26H33N5O2/c1-19-27-23-11-9-21(17-24(23)28-19)10-12-26(33)30-16-15-29(3)13-6-14-31(20(2)32)25-8-5-4-7-22(25)18-30/h4-5,7-9,11,17H,6,10,12-16,18H2,1-3H3,(H,27,28). The molecule has 2 heterocycles. The van der Waals surface area contributed by atoms with E-state index in [4.69, 9.17) is 0 Å². The molecular weight excluding hydrogens is 414 g/mol. The summed E-state index contributed by atoms with van der Waals surface area (Å²) in [5.41, 5.74) is 5.00. The molecule has 1 aliphatic rings. The lowest BCUT2D eigenvalue weighted by Gasteiger charge is -2.27. The van der Waals surface area contributed by atoms with Gasteiger partial charge in [0.2, 0.25) is 11.8 Å². The first-order valence-corrected chi connectivity index (χ1v) is 11.7. The molecule has 1 aliphatic heterocycles. The summed E-state index contributed by atoms with van der Waals surface area (Å²) in [6.07, 6.45) is 2.02. The summed E-state index contributed by atoms with van der Waals surface area (Å²) in [5.74, 6) is 1.06. The van der Waals surface area contributed by atoms with E-state index in [2.05, 4.69) is 34.0 Å². The van der Waals surface area contributed by atoms with E-state index in [0.717, 1.165) is 53.2 Å². The van der Waals surface area contributed by atoms with Crippen LogP contribution in [0.25, 0.3) is 11.0 Å². The van der Waals surface area contributed by atoms with Crippen molar-refractivity contribution >= 4 is 28.5 Å². The first-order chi connectivity index (χ1) is 15.9. The molecule has 0 aliphatic carbocycles. The quantitative estimate of drug-likeness (QED) is 0.667. The van der Waals surface area contributed by atoms with Crippen molar-refractivity contribution in [1.82, 2.24) is 19.8 Å². The van der Waals surface area contributed by atoms with Crippen LogP contribution < -0.4 is 4.90 Å². The molecule has 4 rings (SSSR count). The Balaban J connectivity index is 1.52. The minimum absolute atomic E-state index is 0.0339. The van der Waals surface area contributed by atoms with Crippen LogP contribution in [0.5, 0.6) is 0 Å². The molecule has 1 N–H and O–H groups in total. The molecule has 1 aromatic heterocycles. The van der Waals surface area contributed by atoms with Crippen LogP contribution in [-0.4, -0.2) is 64.8 Å². The monoisotopic (exact) mass is 447 g/mol. The van der Waals surface area contributed by atoms with E-state index in [0.29, 0.717) is 32.5 Å². The normalized spacial score (nSPS) is 15.8. The molecule has 0 saturated heterocycles. The highest BCUT2D eigenvalue weighted by Gasteiger charge is 2.21. The number of nitrogens with one attached hydrogen (secondary N) is 1. The van der Waals surface area contributed by atoms with Crippen LogP contribution in [0, 0.1) is 6.92 Å². The van der Waals surface area contributed by atoms with E-state index >= 15 is 0 Å². The number of aryl methyl sites for hydroxylation is 2. The number of anilines is 1. The maximum absolute atomic E-state index is 13.3. The van der Waals surface area contributed by atoms with E-state index in [1.54, 1.807) is 6.92 Å². The number of likely N-dealkylation sites (N-methyl/N-ethyl adjacent to an activating group) is 1. The van der Waals surface area contributed by atoms with Gasteiger partial charge in [-0.1, -0.05) is 24.3 Å². The van der Waals surface area contributed by atoms with Gasteiger partial charge in [0.1, 0.15) is 5.82 Å². The number of fused-ring (bicyclic) bond motifs is 2. The predicted molar refractivity (Wildman–Crippen MR) is 131 cm³/mol. The minimum atomic E-state index is 0.0339. The summed E-state index contributed by atoms with van der Waals surface area (Å²) in [5, 5.41) is 0. The van der Waals surface area contributed by atoms with Crippen molar-refractivity contribution in [3.05, 3.63) is 59.4 Å². The zero-order chi connectivity index (χ0) is 23.4. The number of rotatable bonds is 3. The number of nitrogens with zero attached hydrogens (tertiary/aromatic N) is 4. The molecule has 0 saturated carbocycles. The predicted octanol–water partition coefficient (Wildman–Crippen LogP) is 3.52. The summed E-state index contributed by atoms with van der Waals surface area (Å²) >= 11 is 0. The molecule has 3 aromatic rings. The van der Waals surface area contributed by atoms with Gasteiger partial charge in [-0.15, -0.1) is 0 Å². The lowest BCUT2D eigenvalue weighted by Crippen LogP contribution is -2.37. The molecule has 0 spiro atoms. The van der Waals surface area contributed by atoms with Crippen LogP contribution in [0.15, 0.2) is 42.5 Å². The number of aromatic amines is 1. The second kappa shape index (κ2) is 10.2. The van der Waals surface area contributed by atoms with Crippen molar-refractivity contribution in [3.8, 4) is 0 Å². The van der Waals surface area contributed by atoms with Gasteiger partial charge >= 0.3 is 0 Å². The van der Waals surface area contributed by atoms with Crippen LogP contribution in [0.2, 0.25) is 0 Å². The Bertz CT molecular complexity index is 1140. The van der Waals surface area contributed by atoms with Gasteiger partial charge in [-0.25, -0.2) is 4.98 Å². The number of para-hydroxylation sites is 1. The molecule has 0 fully saturated rings. The van der Waals surface area contributed by atoms with Crippen LogP contribution in [-0.2, 0) is 22.6 Å². The Kier molecular flexibility index (Phi) is 7.08. The van der Waals surface area contributed by atoms with Gasteiger partial charge in [-0.05, 0) is 62.7 Å². The maximum atomic E-state index is 13.3. The lowest BCUT2D eigenvalue weighted by atomic mass is 10.1. The third-order valence-electron chi connectivity index (χ3n) is 6.34. The number of carbonyl (C=O) groups excluding carboxylic acids is 2. The van der Waals surface area contributed by atoms with Crippen molar-refractivity contribution in [2.24, 2.45) is 0 Å². The number of carbonyl (C=O) groups is 2. The van der Waals surface area contributed by atoms with Crippen molar-refractivity contribution in [3.63, 3.8) is 0 Å². The van der Waals surface area contributed by atoms with E-state index in [-0.39, 0.29) is 11.8 Å². The Hall–Kier alpha value is -3.19. The zero-order valence-electron chi connectivity index (χ0n) is 19.8. The first-order valence-electron chi connectivity index (χ1n) is 11.7. The largest absolute Gasteiger partial charge is 0.342 e. The topological polar surface area (TPSA) is 72.5 Å². The summed E-state index contributed by atoms with van der Waals surface area (Å²) in [6, 6.07) is 14.1. The molecule has 7 nitrogen and oxygen atoms in total. The van der Waals surface area contributed by atoms with Crippen molar-refractivity contribution in [2.75, 3.05) is 38.1 Å².